The van der Waals surface area contributed by atoms with Gasteiger partial charge >= 0.3 is 0 Å². The maximum Gasteiger partial charge on any atom is 0.274 e. The molecule has 1 aliphatic rings. The molecule has 1 fully saturated rings. The third kappa shape index (κ3) is 5.55. The van der Waals surface area contributed by atoms with Gasteiger partial charge in [0.2, 0.25) is 0 Å². The van der Waals surface area contributed by atoms with E-state index in [1.54, 1.807) is 18.2 Å². The van der Waals surface area contributed by atoms with E-state index in [9.17, 15) is 17.6 Å². The van der Waals surface area contributed by atoms with Gasteiger partial charge in [-0.1, -0.05) is 41.6 Å². The number of benzene rings is 1. The monoisotopic (exact) mass is 455 g/mol. The molecule has 1 aromatic carbocycles. The number of halogens is 2. The SMILES string of the molecule is C=CCSc1ncc(Cl)c(C(=O)N(Cc2ccc(F)cc2)C2CCS(=O)(=O)C2)n1. The van der Waals surface area contributed by atoms with Crippen molar-refractivity contribution in [2.45, 2.75) is 24.2 Å². The van der Waals surface area contributed by atoms with Crippen LogP contribution < -0.4 is 0 Å². The number of carbonyl (C=O) groups excluding carboxylic acids is 1. The van der Waals surface area contributed by atoms with Gasteiger partial charge < -0.3 is 4.90 Å². The molecule has 10 heteroatoms. The standard InChI is InChI=1S/C19H19ClFN3O3S2/c1-2-8-28-19-22-10-16(20)17(23-19)18(25)24(15-7-9-29(26,27)12-15)11-13-3-5-14(21)6-4-13/h2-6,10,15H,1,7-9,11-12H2. The summed E-state index contributed by atoms with van der Waals surface area (Å²) in [5.74, 6) is -0.416. The number of rotatable bonds is 7. The van der Waals surface area contributed by atoms with Gasteiger partial charge in [0.1, 0.15) is 5.82 Å². The predicted molar refractivity (Wildman–Crippen MR) is 111 cm³/mol. The number of sulfone groups is 1. The van der Waals surface area contributed by atoms with Gasteiger partial charge in [-0.2, -0.15) is 0 Å². The van der Waals surface area contributed by atoms with Crippen molar-refractivity contribution < 1.29 is 17.6 Å². The fraction of sp³-hybridized carbons (Fsp3) is 0.316. The molecule has 1 amide bonds. The Labute approximate surface area is 178 Å². The van der Waals surface area contributed by atoms with Crippen LogP contribution in [0.3, 0.4) is 0 Å². The summed E-state index contributed by atoms with van der Waals surface area (Å²) in [7, 11) is -3.22. The predicted octanol–water partition coefficient (Wildman–Crippen LogP) is 3.38. The topological polar surface area (TPSA) is 80.2 Å². The smallest absolute Gasteiger partial charge is 0.274 e. The van der Waals surface area contributed by atoms with Gasteiger partial charge in [0, 0.05) is 18.3 Å². The molecule has 0 bridgehead atoms. The molecule has 0 N–H and O–H groups in total. The van der Waals surface area contributed by atoms with Gasteiger partial charge in [0.25, 0.3) is 5.91 Å². The van der Waals surface area contributed by atoms with Gasteiger partial charge in [-0.15, -0.1) is 6.58 Å². The Bertz CT molecular complexity index is 1020. The lowest BCUT2D eigenvalue weighted by Gasteiger charge is -2.28. The minimum absolute atomic E-state index is 0.0136. The summed E-state index contributed by atoms with van der Waals surface area (Å²) in [5, 5.41) is 0.460. The number of hydrogen-bond donors (Lipinski definition) is 0. The van der Waals surface area contributed by atoms with Gasteiger partial charge in [-0.3, -0.25) is 4.79 Å². The van der Waals surface area contributed by atoms with Crippen LogP contribution in [0.25, 0.3) is 0 Å². The molecule has 1 saturated heterocycles. The molecule has 6 nitrogen and oxygen atoms in total. The van der Waals surface area contributed by atoms with E-state index >= 15 is 0 Å². The highest BCUT2D eigenvalue weighted by Gasteiger charge is 2.36. The highest BCUT2D eigenvalue weighted by atomic mass is 35.5. The normalized spacial score (nSPS) is 17.8. The first-order chi connectivity index (χ1) is 13.8. The first-order valence-electron chi connectivity index (χ1n) is 8.81. The summed E-state index contributed by atoms with van der Waals surface area (Å²) in [6.07, 6.45) is 3.37. The van der Waals surface area contributed by atoms with Crippen molar-refractivity contribution in [1.29, 1.82) is 0 Å². The summed E-state index contributed by atoms with van der Waals surface area (Å²) in [4.78, 5) is 23.1. The van der Waals surface area contributed by atoms with Gasteiger partial charge in [0.15, 0.2) is 20.7 Å². The molecule has 1 aromatic heterocycles. The molecule has 154 valence electrons. The fourth-order valence-electron chi connectivity index (χ4n) is 3.01. The molecule has 0 aliphatic carbocycles. The second-order valence-electron chi connectivity index (χ2n) is 6.57. The molecule has 29 heavy (non-hydrogen) atoms. The Morgan fingerprint density at radius 1 is 1.38 bits per heavy atom. The molecule has 1 atom stereocenters. The van der Waals surface area contributed by atoms with Crippen molar-refractivity contribution in [2.75, 3.05) is 17.3 Å². The fourth-order valence-corrected chi connectivity index (χ4v) is 5.47. The van der Waals surface area contributed by atoms with E-state index in [2.05, 4.69) is 16.5 Å². The Balaban J connectivity index is 1.93. The van der Waals surface area contributed by atoms with Crippen molar-refractivity contribution in [2.24, 2.45) is 0 Å². The van der Waals surface area contributed by atoms with Crippen LogP contribution in [0.1, 0.15) is 22.5 Å². The van der Waals surface area contributed by atoms with Crippen LogP contribution in [-0.4, -0.2) is 52.5 Å². The minimum Gasteiger partial charge on any atom is -0.329 e. The summed E-state index contributed by atoms with van der Waals surface area (Å²) in [6.45, 7) is 3.76. The lowest BCUT2D eigenvalue weighted by Crippen LogP contribution is -2.41. The third-order valence-corrected chi connectivity index (χ3v) is 7.32. The minimum atomic E-state index is -3.22. The van der Waals surface area contributed by atoms with Crippen molar-refractivity contribution in [3.8, 4) is 0 Å². The van der Waals surface area contributed by atoms with Gasteiger partial charge in [-0.05, 0) is 24.1 Å². The van der Waals surface area contributed by atoms with E-state index in [-0.39, 0.29) is 28.8 Å². The van der Waals surface area contributed by atoms with E-state index in [0.29, 0.717) is 22.9 Å². The molecule has 0 radical (unpaired) electrons. The van der Waals surface area contributed by atoms with Crippen molar-refractivity contribution in [3.63, 3.8) is 0 Å². The van der Waals surface area contributed by atoms with Crippen LogP contribution >= 0.6 is 23.4 Å². The molecular weight excluding hydrogens is 437 g/mol. The average Bonchev–Trinajstić information content (AvgIpc) is 3.06. The Kier molecular flexibility index (Phi) is 6.92. The molecule has 1 aliphatic heterocycles. The van der Waals surface area contributed by atoms with Crippen LogP contribution in [0, 0.1) is 5.82 Å². The van der Waals surface area contributed by atoms with Crippen molar-refractivity contribution >= 4 is 39.1 Å². The quantitative estimate of drug-likeness (QED) is 0.361. The Hall–Kier alpha value is -1.97. The van der Waals surface area contributed by atoms with Crippen LogP contribution in [0.2, 0.25) is 5.02 Å². The summed E-state index contributed by atoms with van der Waals surface area (Å²) in [5.41, 5.74) is 0.690. The van der Waals surface area contributed by atoms with Crippen LogP contribution in [0.5, 0.6) is 0 Å². The van der Waals surface area contributed by atoms with Gasteiger partial charge in [-0.25, -0.2) is 22.8 Å². The Morgan fingerprint density at radius 3 is 2.72 bits per heavy atom. The van der Waals surface area contributed by atoms with Crippen molar-refractivity contribution in [3.05, 3.63) is 65.2 Å². The van der Waals surface area contributed by atoms with Crippen molar-refractivity contribution in [1.82, 2.24) is 14.9 Å². The second kappa shape index (κ2) is 9.23. The number of nitrogens with zero attached hydrogens (tertiary/aromatic N) is 3. The molecule has 0 saturated carbocycles. The lowest BCUT2D eigenvalue weighted by molar-refractivity contribution is 0.0674. The number of hydrogen-bond acceptors (Lipinski definition) is 6. The zero-order valence-electron chi connectivity index (χ0n) is 15.4. The second-order valence-corrected chi connectivity index (χ2v) is 10.2. The van der Waals surface area contributed by atoms with E-state index in [1.807, 2.05) is 0 Å². The van der Waals surface area contributed by atoms with Gasteiger partial charge in [0.05, 0.1) is 22.7 Å². The summed E-state index contributed by atoms with van der Waals surface area (Å²) in [6, 6.07) is 5.21. The number of amides is 1. The Morgan fingerprint density at radius 2 is 2.10 bits per heavy atom. The lowest BCUT2D eigenvalue weighted by atomic mass is 10.1. The van der Waals surface area contributed by atoms with Crippen LogP contribution in [0.4, 0.5) is 4.39 Å². The number of aromatic nitrogens is 2. The maximum absolute atomic E-state index is 13.3. The summed E-state index contributed by atoms with van der Waals surface area (Å²) >= 11 is 7.49. The zero-order chi connectivity index (χ0) is 21.0. The van der Waals surface area contributed by atoms with E-state index in [0.717, 1.165) is 0 Å². The maximum atomic E-state index is 13.3. The van der Waals surface area contributed by atoms with E-state index in [4.69, 9.17) is 11.6 Å². The molecule has 2 heterocycles. The zero-order valence-corrected chi connectivity index (χ0v) is 17.8. The average molecular weight is 456 g/mol. The summed E-state index contributed by atoms with van der Waals surface area (Å²) < 4.78 is 37.2. The highest BCUT2D eigenvalue weighted by molar-refractivity contribution is 7.99. The molecule has 3 rings (SSSR count). The molecular formula is C19H19ClFN3O3S2. The van der Waals surface area contributed by atoms with E-state index < -0.39 is 27.6 Å². The largest absolute Gasteiger partial charge is 0.329 e. The molecule has 0 spiro atoms. The van der Waals surface area contributed by atoms with Crippen LogP contribution in [-0.2, 0) is 16.4 Å². The first-order valence-corrected chi connectivity index (χ1v) is 12.0. The first kappa shape index (κ1) is 21.7. The van der Waals surface area contributed by atoms with Crippen LogP contribution in [0.15, 0.2) is 48.3 Å². The molecule has 1 unspecified atom stereocenters. The number of carbonyl (C=O) groups is 1. The van der Waals surface area contributed by atoms with E-state index in [1.165, 1.54) is 35.0 Å². The number of thioether (sulfide) groups is 1. The third-order valence-electron chi connectivity index (χ3n) is 4.43. The highest BCUT2D eigenvalue weighted by Crippen LogP contribution is 2.25. The molecule has 2 aromatic rings.